The maximum atomic E-state index is 13.0. The van der Waals surface area contributed by atoms with Gasteiger partial charge in [0.2, 0.25) is 0 Å². The number of carbonyl (C=O) groups is 1. The van der Waals surface area contributed by atoms with E-state index in [1.165, 1.54) is 24.5 Å². The van der Waals surface area contributed by atoms with Crippen molar-refractivity contribution in [2.45, 2.75) is 26.2 Å². The fourth-order valence-electron chi connectivity index (χ4n) is 2.78. The summed E-state index contributed by atoms with van der Waals surface area (Å²) in [5, 5.41) is 0.581. The molecule has 3 aromatic rings. The van der Waals surface area contributed by atoms with Crippen molar-refractivity contribution in [2.24, 2.45) is 0 Å². The Morgan fingerprint density at radius 3 is 2.64 bits per heavy atom. The molecule has 0 fully saturated rings. The smallest absolute Gasteiger partial charge is 0.471 e. The van der Waals surface area contributed by atoms with Gasteiger partial charge in [-0.05, 0) is 43.3 Å². The van der Waals surface area contributed by atoms with Crippen LogP contribution in [0.5, 0.6) is 5.75 Å². The molecule has 1 aromatic carbocycles. The van der Waals surface area contributed by atoms with E-state index < -0.39 is 30.7 Å². The third-order valence-corrected chi connectivity index (χ3v) is 4.02. The van der Waals surface area contributed by atoms with Crippen molar-refractivity contribution in [1.29, 1.82) is 0 Å². The van der Waals surface area contributed by atoms with E-state index in [0.29, 0.717) is 28.2 Å². The van der Waals surface area contributed by atoms with Crippen molar-refractivity contribution >= 4 is 16.8 Å². The Labute approximate surface area is 157 Å². The minimum absolute atomic E-state index is 0.0188. The average molecular weight is 394 g/mol. The summed E-state index contributed by atoms with van der Waals surface area (Å²) in [5.41, 5.74) is -0.0432. The van der Waals surface area contributed by atoms with Crippen LogP contribution in [-0.2, 0) is 17.9 Å². The maximum absolute atomic E-state index is 13.0. The van der Waals surface area contributed by atoms with Crippen molar-refractivity contribution in [2.75, 3.05) is 6.61 Å². The Hall–Kier alpha value is -3.23. The lowest BCUT2D eigenvalue weighted by atomic mass is 10.1. The third-order valence-electron chi connectivity index (χ3n) is 4.02. The molecule has 0 radical (unpaired) electrons. The Morgan fingerprint density at radius 1 is 1.21 bits per heavy atom. The van der Waals surface area contributed by atoms with E-state index in [-0.39, 0.29) is 11.3 Å². The third kappa shape index (κ3) is 4.36. The lowest BCUT2D eigenvalue weighted by molar-refractivity contribution is -0.187. The van der Waals surface area contributed by atoms with Gasteiger partial charge in [-0.25, -0.2) is 0 Å². The number of aromatic amines is 1. The van der Waals surface area contributed by atoms with Crippen LogP contribution in [0.2, 0.25) is 0 Å². The highest BCUT2D eigenvalue weighted by Gasteiger charge is 2.42. The first-order valence-electron chi connectivity index (χ1n) is 8.45. The summed E-state index contributed by atoms with van der Waals surface area (Å²) in [6.07, 6.45) is -3.78. The van der Waals surface area contributed by atoms with E-state index in [4.69, 9.17) is 9.15 Å². The number of furan rings is 1. The highest BCUT2D eigenvalue weighted by molar-refractivity contribution is 5.82. The van der Waals surface area contributed by atoms with Gasteiger partial charge in [0.25, 0.3) is 5.56 Å². The van der Waals surface area contributed by atoms with Crippen LogP contribution in [0, 0.1) is 0 Å². The van der Waals surface area contributed by atoms with Gasteiger partial charge in [-0.1, -0.05) is 0 Å². The van der Waals surface area contributed by atoms with Gasteiger partial charge in [0, 0.05) is 16.5 Å². The molecule has 0 aliphatic rings. The predicted octanol–water partition coefficient (Wildman–Crippen LogP) is 3.61. The number of amides is 1. The second-order valence-electron chi connectivity index (χ2n) is 6.04. The number of fused-ring (bicyclic) bond motifs is 1. The van der Waals surface area contributed by atoms with E-state index in [0.717, 1.165) is 0 Å². The first-order chi connectivity index (χ1) is 13.3. The van der Waals surface area contributed by atoms with Crippen molar-refractivity contribution in [3.05, 3.63) is 64.3 Å². The van der Waals surface area contributed by atoms with Crippen LogP contribution in [-0.4, -0.2) is 28.6 Å². The van der Waals surface area contributed by atoms with Crippen molar-refractivity contribution in [1.82, 2.24) is 9.88 Å². The number of alkyl halides is 3. The minimum Gasteiger partial charge on any atom is -0.494 e. The highest BCUT2D eigenvalue weighted by Crippen LogP contribution is 2.23. The predicted molar refractivity (Wildman–Crippen MR) is 94.8 cm³/mol. The van der Waals surface area contributed by atoms with Gasteiger partial charge in [-0.3, -0.25) is 9.59 Å². The molecule has 0 bridgehead atoms. The summed E-state index contributed by atoms with van der Waals surface area (Å²) < 4.78 is 49.4. The summed E-state index contributed by atoms with van der Waals surface area (Å²) in [6, 6.07) is 9.40. The van der Waals surface area contributed by atoms with Crippen LogP contribution in [0.1, 0.15) is 18.2 Å². The summed E-state index contributed by atoms with van der Waals surface area (Å²) >= 11 is 0. The van der Waals surface area contributed by atoms with E-state index >= 15 is 0 Å². The number of nitrogens with one attached hydrogen (secondary N) is 1. The molecule has 6 nitrogen and oxygen atoms in total. The van der Waals surface area contributed by atoms with Gasteiger partial charge < -0.3 is 19.0 Å². The standard InChI is InChI=1S/C19H17F3N2O4/c1-2-27-14-5-6-16-12(9-14)8-13(17(25)23-16)10-24(18(26)19(20,21)22)11-15-4-3-7-28-15/h3-9H,2,10-11H2,1H3,(H,23,25). The molecule has 1 amide bonds. The van der Waals surface area contributed by atoms with Gasteiger partial charge in [0.05, 0.1) is 26.0 Å². The number of H-pyrrole nitrogens is 1. The number of ether oxygens (including phenoxy) is 1. The fourth-order valence-corrected chi connectivity index (χ4v) is 2.78. The van der Waals surface area contributed by atoms with Gasteiger partial charge in [0.15, 0.2) is 0 Å². The zero-order valence-electron chi connectivity index (χ0n) is 14.9. The summed E-state index contributed by atoms with van der Waals surface area (Å²) in [5.74, 6) is -1.31. The zero-order chi connectivity index (χ0) is 20.3. The van der Waals surface area contributed by atoms with E-state index in [2.05, 4.69) is 4.98 Å². The zero-order valence-corrected chi connectivity index (χ0v) is 14.9. The van der Waals surface area contributed by atoms with E-state index in [1.54, 1.807) is 18.2 Å². The van der Waals surface area contributed by atoms with Crippen LogP contribution in [0.15, 0.2) is 51.9 Å². The molecule has 0 spiro atoms. The molecule has 3 rings (SSSR count). The molecule has 2 heterocycles. The largest absolute Gasteiger partial charge is 0.494 e. The Morgan fingerprint density at radius 2 is 2.00 bits per heavy atom. The molecule has 28 heavy (non-hydrogen) atoms. The molecule has 1 N–H and O–H groups in total. The first kappa shape index (κ1) is 19.5. The fraction of sp³-hybridized carbons (Fsp3) is 0.263. The average Bonchev–Trinajstić information content (AvgIpc) is 3.14. The van der Waals surface area contributed by atoms with Gasteiger partial charge >= 0.3 is 12.1 Å². The Bertz CT molecular complexity index is 1030. The molecular weight excluding hydrogens is 377 g/mol. The summed E-state index contributed by atoms with van der Waals surface area (Å²) in [7, 11) is 0. The Kier molecular flexibility index (Phi) is 5.43. The van der Waals surface area contributed by atoms with Crippen molar-refractivity contribution < 1.29 is 27.1 Å². The van der Waals surface area contributed by atoms with Crippen LogP contribution >= 0.6 is 0 Å². The lowest BCUT2D eigenvalue weighted by Gasteiger charge is -2.22. The molecule has 0 saturated carbocycles. The monoisotopic (exact) mass is 394 g/mol. The van der Waals surface area contributed by atoms with Crippen LogP contribution in [0.25, 0.3) is 10.9 Å². The summed E-state index contributed by atoms with van der Waals surface area (Å²) in [4.78, 5) is 27.3. The second-order valence-corrected chi connectivity index (χ2v) is 6.04. The minimum atomic E-state index is -5.07. The maximum Gasteiger partial charge on any atom is 0.471 e. The van der Waals surface area contributed by atoms with Crippen LogP contribution in [0.4, 0.5) is 13.2 Å². The SMILES string of the molecule is CCOc1ccc2[nH]c(=O)c(CN(Cc3ccco3)C(=O)C(F)(F)F)cc2c1. The Balaban J connectivity index is 1.96. The topological polar surface area (TPSA) is 75.5 Å². The molecular formula is C19H17F3N2O4. The van der Waals surface area contributed by atoms with Crippen molar-refractivity contribution in [3.8, 4) is 5.75 Å². The quantitative estimate of drug-likeness (QED) is 0.693. The highest BCUT2D eigenvalue weighted by atomic mass is 19.4. The van der Waals surface area contributed by atoms with Gasteiger partial charge in [-0.15, -0.1) is 0 Å². The number of carbonyl (C=O) groups excluding carboxylic acids is 1. The molecule has 0 aliphatic heterocycles. The molecule has 0 aliphatic carbocycles. The van der Waals surface area contributed by atoms with Crippen LogP contribution < -0.4 is 10.3 Å². The number of pyridine rings is 1. The molecule has 0 saturated heterocycles. The molecule has 148 valence electrons. The lowest BCUT2D eigenvalue weighted by Crippen LogP contribution is -2.41. The molecule has 2 aromatic heterocycles. The van der Waals surface area contributed by atoms with Gasteiger partial charge in [0.1, 0.15) is 11.5 Å². The number of halogens is 3. The molecule has 0 unspecified atom stereocenters. The van der Waals surface area contributed by atoms with E-state index in [1.807, 2.05) is 6.92 Å². The number of hydrogen-bond acceptors (Lipinski definition) is 4. The normalized spacial score (nSPS) is 11.6. The number of benzene rings is 1. The number of aromatic nitrogens is 1. The number of hydrogen-bond donors (Lipinski definition) is 1. The molecule has 9 heteroatoms. The second kappa shape index (κ2) is 7.79. The number of nitrogens with zero attached hydrogens (tertiary/aromatic N) is 1. The van der Waals surface area contributed by atoms with Crippen LogP contribution in [0.3, 0.4) is 0 Å². The molecule has 0 atom stereocenters. The first-order valence-corrected chi connectivity index (χ1v) is 8.45. The van der Waals surface area contributed by atoms with E-state index in [9.17, 15) is 22.8 Å². The van der Waals surface area contributed by atoms with Crippen molar-refractivity contribution in [3.63, 3.8) is 0 Å². The summed E-state index contributed by atoms with van der Waals surface area (Å²) in [6.45, 7) is 1.32. The number of rotatable bonds is 6. The van der Waals surface area contributed by atoms with Gasteiger partial charge in [-0.2, -0.15) is 13.2 Å².